The van der Waals surface area contributed by atoms with Crippen molar-refractivity contribution in [1.29, 1.82) is 0 Å². The Labute approximate surface area is 195 Å². The lowest BCUT2D eigenvalue weighted by Gasteiger charge is -2.21. The average Bonchev–Trinajstić information content (AvgIpc) is 3.42. The Morgan fingerprint density at radius 1 is 0.788 bits per heavy atom. The lowest BCUT2D eigenvalue weighted by Crippen LogP contribution is -2.07. The number of fused-ring (bicyclic) bond motifs is 1. The Balaban J connectivity index is 1.72. The van der Waals surface area contributed by atoms with Gasteiger partial charge in [-0.15, -0.1) is 0 Å². The molecule has 4 nitrogen and oxygen atoms in total. The van der Waals surface area contributed by atoms with Crippen molar-refractivity contribution >= 4 is 11.0 Å². The maximum absolute atomic E-state index is 4.81. The van der Waals surface area contributed by atoms with Gasteiger partial charge in [0.1, 0.15) is 11.6 Å². The van der Waals surface area contributed by atoms with Crippen LogP contribution in [0.4, 0.5) is 0 Å². The molecule has 2 heterocycles. The summed E-state index contributed by atoms with van der Waals surface area (Å²) in [5.41, 5.74) is 8.21. The van der Waals surface area contributed by atoms with Crippen LogP contribution >= 0.6 is 0 Å². The molecule has 0 amide bonds. The predicted octanol–water partition coefficient (Wildman–Crippen LogP) is 7.43. The Bertz CT molecular complexity index is 1390. The molecule has 4 heteroatoms. The quantitative estimate of drug-likeness (QED) is 0.288. The maximum atomic E-state index is 4.81. The molecule has 0 fully saturated rings. The molecule has 5 aromatic rings. The van der Waals surface area contributed by atoms with E-state index in [0.29, 0.717) is 11.8 Å². The molecule has 0 N–H and O–H groups in total. The van der Waals surface area contributed by atoms with Crippen molar-refractivity contribution in [3.05, 3.63) is 96.1 Å². The molecule has 33 heavy (non-hydrogen) atoms. The Kier molecular flexibility index (Phi) is 5.37. The van der Waals surface area contributed by atoms with Crippen LogP contribution in [0.3, 0.4) is 0 Å². The molecular weight excluding hydrogens is 404 g/mol. The molecule has 166 valence electrons. The fourth-order valence-electron chi connectivity index (χ4n) is 4.73. The molecule has 0 saturated heterocycles. The summed E-state index contributed by atoms with van der Waals surface area (Å²) in [5, 5.41) is 0. The molecule has 0 radical (unpaired) electrons. The minimum Gasteiger partial charge on any atom is -0.299 e. The Morgan fingerprint density at radius 2 is 1.48 bits per heavy atom. The highest BCUT2D eigenvalue weighted by atomic mass is 15.1. The first kappa shape index (κ1) is 21.2. The summed E-state index contributed by atoms with van der Waals surface area (Å²) in [6.45, 7) is 11.1. The van der Waals surface area contributed by atoms with Crippen LogP contribution in [-0.4, -0.2) is 19.1 Å². The van der Waals surface area contributed by atoms with E-state index in [1.807, 2.05) is 12.3 Å². The van der Waals surface area contributed by atoms with Crippen molar-refractivity contribution < 1.29 is 0 Å². The number of aryl methyl sites for hydroxylation is 1. The number of para-hydroxylation sites is 2. The third-order valence-electron chi connectivity index (χ3n) is 6.32. The van der Waals surface area contributed by atoms with Crippen LogP contribution < -0.4 is 0 Å². The Morgan fingerprint density at radius 3 is 2.15 bits per heavy atom. The normalized spacial score (nSPS) is 11.7. The van der Waals surface area contributed by atoms with Crippen molar-refractivity contribution in [2.45, 2.75) is 46.5 Å². The molecule has 0 aliphatic rings. The van der Waals surface area contributed by atoms with Crippen LogP contribution in [0.25, 0.3) is 33.8 Å². The number of hydrogen-bond donors (Lipinski definition) is 0. The van der Waals surface area contributed by atoms with Gasteiger partial charge in [-0.1, -0.05) is 64.1 Å². The first-order chi connectivity index (χ1) is 16.0. The minimum absolute atomic E-state index is 0.415. The zero-order valence-corrected chi connectivity index (χ0v) is 19.9. The average molecular weight is 435 g/mol. The second kappa shape index (κ2) is 8.36. The van der Waals surface area contributed by atoms with E-state index in [2.05, 4.69) is 111 Å². The van der Waals surface area contributed by atoms with Crippen LogP contribution in [0, 0.1) is 6.92 Å². The van der Waals surface area contributed by atoms with E-state index >= 15 is 0 Å². The van der Waals surface area contributed by atoms with Gasteiger partial charge in [0.05, 0.1) is 16.7 Å². The molecule has 5 rings (SSSR count). The summed E-state index contributed by atoms with van der Waals surface area (Å²) in [5.74, 6) is 2.76. The van der Waals surface area contributed by atoms with Crippen LogP contribution in [0.1, 0.15) is 56.5 Å². The third-order valence-corrected chi connectivity index (χ3v) is 6.32. The highest BCUT2D eigenvalue weighted by molar-refractivity contribution is 5.83. The number of hydrogen-bond acceptors (Lipinski definition) is 2. The molecule has 0 aliphatic heterocycles. The zero-order valence-electron chi connectivity index (χ0n) is 19.9. The third kappa shape index (κ3) is 3.66. The standard InChI is InChI=1S/C29H30N4/c1-19(2)24-12-9-13-25(20(3)4)28(24)32-17-16-30-29(32)22-14-15-26-27(18-22)33(21(5)31-26)23-10-7-6-8-11-23/h6-20H,1-5H3. The molecule has 0 atom stereocenters. The fourth-order valence-corrected chi connectivity index (χ4v) is 4.73. The summed E-state index contributed by atoms with van der Waals surface area (Å²) >= 11 is 0. The molecule has 0 bridgehead atoms. The summed E-state index contributed by atoms with van der Waals surface area (Å²) in [7, 11) is 0. The van der Waals surface area contributed by atoms with Gasteiger partial charge in [-0.05, 0) is 60.2 Å². The lowest BCUT2D eigenvalue weighted by atomic mass is 9.92. The van der Waals surface area contributed by atoms with Crippen LogP contribution in [0.15, 0.2) is 79.1 Å². The first-order valence-corrected chi connectivity index (χ1v) is 11.7. The van der Waals surface area contributed by atoms with E-state index in [0.717, 1.165) is 33.9 Å². The SMILES string of the molecule is Cc1nc2ccc(-c3nccn3-c3c(C(C)C)cccc3C(C)C)cc2n1-c1ccccc1. The smallest absolute Gasteiger partial charge is 0.144 e. The lowest BCUT2D eigenvalue weighted by molar-refractivity contribution is 0.807. The highest BCUT2D eigenvalue weighted by Crippen LogP contribution is 2.34. The van der Waals surface area contributed by atoms with Crippen molar-refractivity contribution in [2.24, 2.45) is 0 Å². The van der Waals surface area contributed by atoms with Crippen molar-refractivity contribution in [2.75, 3.05) is 0 Å². The van der Waals surface area contributed by atoms with Gasteiger partial charge in [-0.2, -0.15) is 0 Å². The molecule has 3 aromatic carbocycles. The summed E-state index contributed by atoms with van der Waals surface area (Å²) in [4.78, 5) is 9.62. The van der Waals surface area contributed by atoms with Crippen LogP contribution in [0.5, 0.6) is 0 Å². The molecule has 0 unspecified atom stereocenters. The number of aromatic nitrogens is 4. The molecular formula is C29H30N4. The molecule has 2 aromatic heterocycles. The van der Waals surface area contributed by atoms with Gasteiger partial charge >= 0.3 is 0 Å². The second-order valence-corrected chi connectivity index (χ2v) is 9.25. The van der Waals surface area contributed by atoms with Gasteiger partial charge in [0, 0.05) is 23.6 Å². The van der Waals surface area contributed by atoms with Gasteiger partial charge in [0.25, 0.3) is 0 Å². The van der Waals surface area contributed by atoms with Crippen LogP contribution in [0.2, 0.25) is 0 Å². The predicted molar refractivity (Wildman–Crippen MR) is 137 cm³/mol. The number of benzene rings is 3. The second-order valence-electron chi connectivity index (χ2n) is 9.25. The molecule has 0 aliphatic carbocycles. The van der Waals surface area contributed by atoms with E-state index in [4.69, 9.17) is 9.97 Å². The van der Waals surface area contributed by atoms with Gasteiger partial charge in [-0.3, -0.25) is 9.13 Å². The maximum Gasteiger partial charge on any atom is 0.144 e. The van der Waals surface area contributed by atoms with Gasteiger partial charge in [0.2, 0.25) is 0 Å². The minimum atomic E-state index is 0.415. The van der Waals surface area contributed by atoms with Crippen molar-refractivity contribution in [1.82, 2.24) is 19.1 Å². The highest BCUT2D eigenvalue weighted by Gasteiger charge is 2.19. The number of nitrogens with zero attached hydrogens (tertiary/aromatic N) is 4. The first-order valence-electron chi connectivity index (χ1n) is 11.7. The van der Waals surface area contributed by atoms with Crippen molar-refractivity contribution in [3.8, 4) is 22.8 Å². The summed E-state index contributed by atoms with van der Waals surface area (Å²) in [6.07, 6.45) is 3.99. The van der Waals surface area contributed by atoms with Gasteiger partial charge < -0.3 is 0 Å². The Hall–Kier alpha value is -3.66. The van der Waals surface area contributed by atoms with E-state index in [1.54, 1.807) is 0 Å². The monoisotopic (exact) mass is 434 g/mol. The number of rotatable bonds is 5. The van der Waals surface area contributed by atoms with E-state index in [1.165, 1.54) is 16.8 Å². The zero-order chi connectivity index (χ0) is 23.1. The summed E-state index contributed by atoms with van der Waals surface area (Å²) in [6, 6.07) is 23.5. The van der Waals surface area contributed by atoms with E-state index in [-0.39, 0.29) is 0 Å². The van der Waals surface area contributed by atoms with Crippen LogP contribution in [-0.2, 0) is 0 Å². The van der Waals surface area contributed by atoms with E-state index in [9.17, 15) is 0 Å². The molecule has 0 saturated carbocycles. The molecule has 0 spiro atoms. The topological polar surface area (TPSA) is 35.6 Å². The van der Waals surface area contributed by atoms with Gasteiger partial charge in [0.15, 0.2) is 0 Å². The summed E-state index contributed by atoms with van der Waals surface area (Å²) < 4.78 is 4.48. The number of imidazole rings is 2. The fraction of sp³-hybridized carbons (Fsp3) is 0.241. The van der Waals surface area contributed by atoms with Gasteiger partial charge in [-0.25, -0.2) is 9.97 Å². The van der Waals surface area contributed by atoms with E-state index < -0.39 is 0 Å². The largest absolute Gasteiger partial charge is 0.299 e. The van der Waals surface area contributed by atoms with Crippen molar-refractivity contribution in [3.63, 3.8) is 0 Å².